The molecule has 0 radical (unpaired) electrons. The highest BCUT2D eigenvalue weighted by Gasteiger charge is 2.16. The number of hydrogen-bond donors (Lipinski definition) is 1. The van der Waals surface area contributed by atoms with Crippen molar-refractivity contribution in [2.75, 3.05) is 19.0 Å². The SMILES string of the molecule is COc1ccc(NC(=O)COc2ccc(Cl)cc2[N+](=O)[O-])cc1. The maximum atomic E-state index is 11.8. The number of amides is 1. The summed E-state index contributed by atoms with van der Waals surface area (Å²) in [5.74, 6) is 0.194. The van der Waals surface area contributed by atoms with E-state index in [2.05, 4.69) is 5.32 Å². The molecule has 0 heterocycles. The van der Waals surface area contributed by atoms with Crippen molar-refractivity contribution in [3.63, 3.8) is 0 Å². The second-order valence-electron chi connectivity index (χ2n) is 4.43. The van der Waals surface area contributed by atoms with Crippen LogP contribution in [0.5, 0.6) is 11.5 Å². The van der Waals surface area contributed by atoms with Crippen molar-refractivity contribution in [2.45, 2.75) is 0 Å². The summed E-state index contributed by atoms with van der Waals surface area (Å²) in [5, 5.41) is 13.7. The summed E-state index contributed by atoms with van der Waals surface area (Å²) in [6.45, 7) is -0.367. The largest absolute Gasteiger partial charge is 0.497 e. The maximum absolute atomic E-state index is 11.8. The van der Waals surface area contributed by atoms with E-state index in [-0.39, 0.29) is 23.1 Å². The number of ether oxygens (including phenoxy) is 2. The van der Waals surface area contributed by atoms with Gasteiger partial charge in [-0.15, -0.1) is 0 Å². The zero-order chi connectivity index (χ0) is 16.8. The number of halogens is 1. The van der Waals surface area contributed by atoms with Crippen LogP contribution in [-0.2, 0) is 4.79 Å². The minimum Gasteiger partial charge on any atom is -0.497 e. The van der Waals surface area contributed by atoms with Crippen LogP contribution in [-0.4, -0.2) is 24.5 Å². The van der Waals surface area contributed by atoms with Gasteiger partial charge in [0.25, 0.3) is 5.91 Å². The highest BCUT2D eigenvalue weighted by molar-refractivity contribution is 6.30. The third-order valence-electron chi connectivity index (χ3n) is 2.85. The number of hydrogen-bond acceptors (Lipinski definition) is 5. The third kappa shape index (κ3) is 4.58. The third-order valence-corrected chi connectivity index (χ3v) is 3.09. The molecule has 0 aliphatic rings. The van der Waals surface area contributed by atoms with Gasteiger partial charge in [-0.25, -0.2) is 0 Å². The average Bonchev–Trinajstić information content (AvgIpc) is 2.54. The molecule has 0 saturated carbocycles. The Hall–Kier alpha value is -2.80. The molecule has 0 bridgehead atoms. The number of nitro groups is 1. The number of benzene rings is 2. The van der Waals surface area contributed by atoms with Crippen LogP contribution in [0.15, 0.2) is 42.5 Å². The first-order valence-electron chi connectivity index (χ1n) is 6.50. The average molecular weight is 337 g/mol. The number of carbonyl (C=O) groups excluding carboxylic acids is 1. The molecule has 0 saturated heterocycles. The lowest BCUT2D eigenvalue weighted by Crippen LogP contribution is -2.20. The van der Waals surface area contributed by atoms with Crippen molar-refractivity contribution in [1.82, 2.24) is 0 Å². The second-order valence-corrected chi connectivity index (χ2v) is 4.87. The smallest absolute Gasteiger partial charge is 0.312 e. The summed E-state index contributed by atoms with van der Waals surface area (Å²) in [7, 11) is 1.54. The predicted octanol–water partition coefficient (Wildman–Crippen LogP) is 3.27. The molecule has 23 heavy (non-hydrogen) atoms. The number of carbonyl (C=O) groups is 1. The number of rotatable bonds is 6. The summed E-state index contributed by atoms with van der Waals surface area (Å²) in [5.41, 5.74) is 0.264. The Bertz CT molecular complexity index is 718. The molecule has 0 aromatic heterocycles. The first kappa shape index (κ1) is 16.6. The fraction of sp³-hybridized carbons (Fsp3) is 0.133. The lowest BCUT2D eigenvalue weighted by atomic mass is 10.3. The summed E-state index contributed by atoms with van der Waals surface area (Å²) in [6, 6.07) is 10.7. The summed E-state index contributed by atoms with van der Waals surface area (Å²) in [6.07, 6.45) is 0. The van der Waals surface area contributed by atoms with E-state index in [0.29, 0.717) is 11.4 Å². The molecule has 0 atom stereocenters. The number of nitrogens with one attached hydrogen (secondary N) is 1. The lowest BCUT2D eigenvalue weighted by Gasteiger charge is -2.08. The standard InChI is InChI=1S/C15H13ClN2O5/c1-22-12-5-3-11(4-6-12)17-15(19)9-23-14-7-2-10(16)8-13(14)18(20)21/h2-8H,9H2,1H3,(H,17,19). The molecular weight excluding hydrogens is 324 g/mol. The van der Waals surface area contributed by atoms with E-state index >= 15 is 0 Å². The van der Waals surface area contributed by atoms with Gasteiger partial charge in [0, 0.05) is 16.8 Å². The lowest BCUT2D eigenvalue weighted by molar-refractivity contribution is -0.385. The molecule has 0 spiro atoms. The molecule has 2 aromatic carbocycles. The van der Waals surface area contributed by atoms with Crippen LogP contribution >= 0.6 is 11.6 Å². The molecule has 2 aromatic rings. The fourth-order valence-electron chi connectivity index (χ4n) is 1.77. The van der Waals surface area contributed by atoms with Crippen LogP contribution in [0.1, 0.15) is 0 Å². The van der Waals surface area contributed by atoms with Crippen molar-refractivity contribution in [1.29, 1.82) is 0 Å². The van der Waals surface area contributed by atoms with Crippen LogP contribution in [0.25, 0.3) is 0 Å². The molecule has 7 nitrogen and oxygen atoms in total. The Morgan fingerprint density at radius 2 is 1.96 bits per heavy atom. The van der Waals surface area contributed by atoms with Crippen molar-refractivity contribution >= 4 is 28.9 Å². The molecule has 2 rings (SSSR count). The molecule has 8 heteroatoms. The first-order chi connectivity index (χ1) is 11.0. The van der Waals surface area contributed by atoms with Gasteiger partial charge >= 0.3 is 5.69 Å². The van der Waals surface area contributed by atoms with Gasteiger partial charge in [-0.05, 0) is 36.4 Å². The van der Waals surface area contributed by atoms with Crippen LogP contribution < -0.4 is 14.8 Å². The Morgan fingerprint density at radius 1 is 1.26 bits per heavy atom. The predicted molar refractivity (Wildman–Crippen MR) is 85.2 cm³/mol. The quantitative estimate of drug-likeness (QED) is 0.645. The molecular formula is C15H13ClN2O5. The van der Waals surface area contributed by atoms with Crippen molar-refractivity contribution in [3.05, 3.63) is 57.6 Å². The summed E-state index contributed by atoms with van der Waals surface area (Å²) < 4.78 is 10.2. The molecule has 0 aliphatic heterocycles. The Labute approximate surface area is 136 Å². The number of nitro benzene ring substituents is 1. The zero-order valence-corrected chi connectivity index (χ0v) is 12.9. The summed E-state index contributed by atoms with van der Waals surface area (Å²) in [4.78, 5) is 22.1. The van der Waals surface area contributed by atoms with Crippen LogP contribution in [0, 0.1) is 10.1 Å². The highest BCUT2D eigenvalue weighted by Crippen LogP contribution is 2.29. The van der Waals surface area contributed by atoms with E-state index in [4.69, 9.17) is 21.1 Å². The monoisotopic (exact) mass is 336 g/mol. The van der Waals surface area contributed by atoms with Crippen LogP contribution in [0.4, 0.5) is 11.4 Å². The van der Waals surface area contributed by atoms with Gasteiger partial charge in [0.05, 0.1) is 12.0 Å². The van der Waals surface area contributed by atoms with Gasteiger partial charge in [-0.2, -0.15) is 0 Å². The van der Waals surface area contributed by atoms with E-state index in [1.807, 2.05) is 0 Å². The van der Waals surface area contributed by atoms with Gasteiger partial charge in [-0.3, -0.25) is 14.9 Å². The van der Waals surface area contributed by atoms with E-state index in [9.17, 15) is 14.9 Å². The highest BCUT2D eigenvalue weighted by atomic mass is 35.5. The molecule has 0 aliphatic carbocycles. The van der Waals surface area contributed by atoms with Crippen molar-refractivity contribution in [2.24, 2.45) is 0 Å². The molecule has 0 unspecified atom stereocenters. The van der Waals surface area contributed by atoms with E-state index in [1.54, 1.807) is 31.4 Å². The van der Waals surface area contributed by atoms with E-state index in [0.717, 1.165) is 6.07 Å². The number of nitrogens with zero attached hydrogens (tertiary/aromatic N) is 1. The fourth-order valence-corrected chi connectivity index (χ4v) is 1.94. The molecule has 0 fully saturated rings. The van der Waals surface area contributed by atoms with Gasteiger partial charge in [0.2, 0.25) is 0 Å². The topological polar surface area (TPSA) is 90.7 Å². The number of anilines is 1. The van der Waals surface area contributed by atoms with Gasteiger partial charge in [0.1, 0.15) is 5.75 Å². The van der Waals surface area contributed by atoms with Gasteiger partial charge < -0.3 is 14.8 Å². The normalized spacial score (nSPS) is 10.0. The van der Waals surface area contributed by atoms with Crippen LogP contribution in [0.3, 0.4) is 0 Å². The molecule has 120 valence electrons. The second kappa shape index (κ2) is 7.46. The Balaban J connectivity index is 1.97. The van der Waals surface area contributed by atoms with Crippen LogP contribution in [0.2, 0.25) is 5.02 Å². The van der Waals surface area contributed by atoms with Gasteiger partial charge in [0.15, 0.2) is 12.4 Å². The maximum Gasteiger partial charge on any atom is 0.312 e. The number of methoxy groups -OCH3 is 1. The van der Waals surface area contributed by atoms with E-state index in [1.165, 1.54) is 12.1 Å². The summed E-state index contributed by atoms with van der Waals surface area (Å²) >= 11 is 5.71. The molecule has 1 amide bonds. The first-order valence-corrected chi connectivity index (χ1v) is 6.88. The Kier molecular flexibility index (Phi) is 5.37. The molecule has 1 N–H and O–H groups in total. The van der Waals surface area contributed by atoms with Crippen molar-refractivity contribution in [3.8, 4) is 11.5 Å². The van der Waals surface area contributed by atoms with E-state index < -0.39 is 10.8 Å². The van der Waals surface area contributed by atoms with Crippen molar-refractivity contribution < 1.29 is 19.2 Å². The Morgan fingerprint density at radius 3 is 2.57 bits per heavy atom. The minimum atomic E-state index is -0.622. The zero-order valence-electron chi connectivity index (χ0n) is 12.1. The van der Waals surface area contributed by atoms with Gasteiger partial charge in [-0.1, -0.05) is 11.6 Å². The minimum absolute atomic E-state index is 0.0238.